The number of piperazine rings is 1. The van der Waals surface area contributed by atoms with Gasteiger partial charge >= 0.3 is 6.03 Å². The van der Waals surface area contributed by atoms with Crippen molar-refractivity contribution in [1.29, 1.82) is 0 Å². The van der Waals surface area contributed by atoms with Crippen molar-refractivity contribution >= 4 is 28.5 Å². The van der Waals surface area contributed by atoms with Gasteiger partial charge in [0.2, 0.25) is 5.91 Å². The molecule has 1 fully saturated rings. The number of nitrogens with one attached hydrogen (secondary N) is 1. The van der Waals surface area contributed by atoms with Crippen LogP contribution in [0.4, 0.5) is 10.5 Å². The molecule has 1 aliphatic heterocycles. The zero-order chi connectivity index (χ0) is 25.1. The molecule has 182 valence electrons. The molecule has 0 saturated carbocycles. The van der Waals surface area contributed by atoms with Gasteiger partial charge < -0.3 is 16.0 Å². The molecule has 0 spiro atoms. The highest BCUT2D eigenvalue weighted by Crippen LogP contribution is 2.24. The van der Waals surface area contributed by atoms with Crippen LogP contribution in [0.25, 0.3) is 22.0 Å². The number of carbonyl (C=O) groups excluding carboxylic acids is 2. The van der Waals surface area contributed by atoms with Gasteiger partial charge in [0.15, 0.2) is 0 Å². The van der Waals surface area contributed by atoms with E-state index < -0.39 is 5.91 Å². The largest absolute Gasteiger partial charge is 0.366 e. The Morgan fingerprint density at radius 3 is 2.53 bits per heavy atom. The first-order valence-electron chi connectivity index (χ1n) is 12.1. The molecule has 36 heavy (non-hydrogen) atoms. The van der Waals surface area contributed by atoms with Gasteiger partial charge in [-0.25, -0.2) is 4.79 Å². The second-order valence-electron chi connectivity index (χ2n) is 9.22. The lowest BCUT2D eigenvalue weighted by Crippen LogP contribution is -2.54. The maximum atomic E-state index is 13.0. The Morgan fingerprint density at radius 1 is 0.944 bits per heavy atom. The molecular weight excluding hydrogens is 450 g/mol. The number of pyridine rings is 1. The second kappa shape index (κ2) is 10.2. The van der Waals surface area contributed by atoms with E-state index in [1.165, 1.54) is 0 Å². The van der Waals surface area contributed by atoms with Gasteiger partial charge in [-0.3, -0.25) is 14.7 Å². The highest BCUT2D eigenvalue weighted by Gasteiger charge is 2.27. The first-order chi connectivity index (χ1) is 17.5. The van der Waals surface area contributed by atoms with E-state index in [9.17, 15) is 9.59 Å². The van der Waals surface area contributed by atoms with E-state index >= 15 is 0 Å². The summed E-state index contributed by atoms with van der Waals surface area (Å²) < 4.78 is 0. The third kappa shape index (κ3) is 5.21. The number of fused-ring (bicyclic) bond motifs is 1. The molecule has 7 heteroatoms. The van der Waals surface area contributed by atoms with Gasteiger partial charge in [-0.15, -0.1) is 0 Å². The van der Waals surface area contributed by atoms with Crippen molar-refractivity contribution in [2.45, 2.75) is 19.5 Å². The predicted molar refractivity (Wildman–Crippen MR) is 143 cm³/mol. The monoisotopic (exact) mass is 479 g/mol. The fourth-order valence-corrected chi connectivity index (χ4v) is 4.65. The van der Waals surface area contributed by atoms with Crippen LogP contribution in [-0.4, -0.2) is 52.4 Å². The van der Waals surface area contributed by atoms with Gasteiger partial charge in [-0.05, 0) is 54.4 Å². The molecule has 5 rings (SSSR count). The zero-order valence-corrected chi connectivity index (χ0v) is 20.2. The molecule has 0 unspecified atom stereocenters. The molecule has 3 amide bonds. The average molecular weight is 480 g/mol. The standard InChI is InChI=1S/C29H29N5O2/c1-20-18-34(15-14-33(20)19-26-13-12-21-6-2-3-11-27(21)31-26)29(36)32-25-10-5-8-23(17-25)22-7-4-9-24(16-22)28(30)35/h2-13,16-17,20H,14-15,18-19H2,1H3,(H2,30,35)(H,32,36)/t20-/m0/s1. The molecular formula is C29H29N5O2. The Labute approximate surface area is 210 Å². The number of benzene rings is 3. The Bertz CT molecular complexity index is 1420. The van der Waals surface area contributed by atoms with Gasteiger partial charge in [0.05, 0.1) is 11.2 Å². The van der Waals surface area contributed by atoms with Crippen LogP contribution >= 0.6 is 0 Å². The van der Waals surface area contributed by atoms with Crippen molar-refractivity contribution in [2.24, 2.45) is 5.73 Å². The minimum atomic E-state index is -0.467. The minimum Gasteiger partial charge on any atom is -0.366 e. The maximum absolute atomic E-state index is 13.0. The van der Waals surface area contributed by atoms with Crippen LogP contribution in [0, 0.1) is 0 Å². The molecule has 1 aliphatic rings. The summed E-state index contributed by atoms with van der Waals surface area (Å²) in [5.41, 5.74) is 10.4. The molecule has 0 radical (unpaired) electrons. The minimum absolute atomic E-state index is 0.117. The van der Waals surface area contributed by atoms with Crippen LogP contribution in [-0.2, 0) is 6.54 Å². The molecule has 1 aromatic heterocycles. The number of rotatable bonds is 5. The number of urea groups is 1. The highest BCUT2D eigenvalue weighted by molar-refractivity contribution is 5.94. The Morgan fingerprint density at radius 2 is 1.72 bits per heavy atom. The number of primary amides is 1. The van der Waals surface area contributed by atoms with Gasteiger partial charge in [0.25, 0.3) is 0 Å². The van der Waals surface area contributed by atoms with Crippen LogP contribution in [0.1, 0.15) is 23.0 Å². The molecule has 1 atom stereocenters. The number of nitrogens with two attached hydrogens (primary N) is 1. The topological polar surface area (TPSA) is 91.6 Å². The van der Waals surface area contributed by atoms with Gasteiger partial charge in [0, 0.05) is 48.9 Å². The number of hydrogen-bond donors (Lipinski definition) is 2. The molecule has 3 aromatic carbocycles. The van der Waals surface area contributed by atoms with E-state index in [4.69, 9.17) is 10.7 Å². The Hall–Kier alpha value is -4.23. The molecule has 7 nitrogen and oxygen atoms in total. The van der Waals surface area contributed by atoms with Crippen LogP contribution in [0.5, 0.6) is 0 Å². The summed E-state index contributed by atoms with van der Waals surface area (Å²) in [6.45, 7) is 4.97. The number of anilines is 1. The summed E-state index contributed by atoms with van der Waals surface area (Å²) in [7, 11) is 0. The Balaban J connectivity index is 1.21. The smallest absolute Gasteiger partial charge is 0.321 e. The number of amides is 3. The normalized spacial score (nSPS) is 16.1. The summed E-state index contributed by atoms with van der Waals surface area (Å²) in [5.74, 6) is -0.467. The van der Waals surface area contributed by atoms with Gasteiger partial charge in [-0.2, -0.15) is 0 Å². The van der Waals surface area contributed by atoms with E-state index in [1.54, 1.807) is 18.2 Å². The molecule has 2 heterocycles. The summed E-state index contributed by atoms with van der Waals surface area (Å²) in [6, 6.07) is 27.2. The average Bonchev–Trinajstić information content (AvgIpc) is 2.90. The molecule has 1 saturated heterocycles. The first kappa shape index (κ1) is 23.5. The van der Waals surface area contributed by atoms with E-state index in [1.807, 2.05) is 53.4 Å². The maximum Gasteiger partial charge on any atom is 0.321 e. The van der Waals surface area contributed by atoms with Crippen LogP contribution in [0.15, 0.2) is 84.9 Å². The highest BCUT2D eigenvalue weighted by atomic mass is 16.2. The van der Waals surface area contributed by atoms with E-state index in [0.717, 1.165) is 40.8 Å². The number of carbonyl (C=O) groups is 2. The van der Waals surface area contributed by atoms with Crippen molar-refractivity contribution in [3.05, 3.63) is 96.2 Å². The quantitative estimate of drug-likeness (QED) is 0.433. The summed E-state index contributed by atoms with van der Waals surface area (Å²) in [5, 5.41) is 4.17. The van der Waals surface area contributed by atoms with Crippen molar-refractivity contribution < 1.29 is 9.59 Å². The zero-order valence-electron chi connectivity index (χ0n) is 20.2. The van der Waals surface area contributed by atoms with Crippen molar-refractivity contribution in [3.8, 4) is 11.1 Å². The fraction of sp³-hybridized carbons (Fsp3) is 0.207. The van der Waals surface area contributed by atoms with Crippen LogP contribution in [0.2, 0.25) is 0 Å². The summed E-state index contributed by atoms with van der Waals surface area (Å²) >= 11 is 0. The third-order valence-corrected chi connectivity index (χ3v) is 6.67. The number of hydrogen-bond acceptors (Lipinski definition) is 4. The lowest BCUT2D eigenvalue weighted by molar-refractivity contribution is 0.0965. The third-order valence-electron chi connectivity index (χ3n) is 6.67. The van der Waals surface area contributed by atoms with Crippen molar-refractivity contribution in [2.75, 3.05) is 25.0 Å². The number of nitrogens with zero attached hydrogens (tertiary/aromatic N) is 3. The molecule has 3 N–H and O–H groups in total. The second-order valence-corrected chi connectivity index (χ2v) is 9.22. The molecule has 0 bridgehead atoms. The van der Waals surface area contributed by atoms with E-state index in [0.29, 0.717) is 24.3 Å². The van der Waals surface area contributed by atoms with E-state index in [-0.39, 0.29) is 12.1 Å². The van der Waals surface area contributed by atoms with Gasteiger partial charge in [-0.1, -0.05) is 48.5 Å². The molecule has 0 aliphatic carbocycles. The lowest BCUT2D eigenvalue weighted by atomic mass is 10.0. The summed E-state index contributed by atoms with van der Waals surface area (Å²) in [6.07, 6.45) is 0. The van der Waals surface area contributed by atoms with Gasteiger partial charge in [0.1, 0.15) is 0 Å². The SMILES string of the molecule is C[C@H]1CN(C(=O)Nc2cccc(-c3cccc(C(N)=O)c3)c2)CCN1Cc1ccc2ccccc2n1. The number of para-hydroxylation sites is 1. The number of aromatic nitrogens is 1. The van der Waals surface area contributed by atoms with Crippen LogP contribution < -0.4 is 11.1 Å². The fourth-order valence-electron chi connectivity index (χ4n) is 4.65. The Kier molecular flexibility index (Phi) is 6.64. The molecule has 4 aromatic rings. The van der Waals surface area contributed by atoms with Crippen molar-refractivity contribution in [1.82, 2.24) is 14.8 Å². The van der Waals surface area contributed by atoms with Crippen molar-refractivity contribution in [3.63, 3.8) is 0 Å². The van der Waals surface area contributed by atoms with Crippen LogP contribution in [0.3, 0.4) is 0 Å². The predicted octanol–water partition coefficient (Wildman–Crippen LogP) is 4.74. The lowest BCUT2D eigenvalue weighted by Gasteiger charge is -2.39. The first-order valence-corrected chi connectivity index (χ1v) is 12.1. The summed E-state index contributed by atoms with van der Waals surface area (Å²) in [4.78, 5) is 33.6. The van der Waals surface area contributed by atoms with E-state index in [2.05, 4.69) is 35.3 Å².